The molecule has 0 unspecified atom stereocenters. The van der Waals surface area contributed by atoms with Crippen LogP contribution in [0.2, 0.25) is 0 Å². The van der Waals surface area contributed by atoms with Crippen LogP contribution in [0.25, 0.3) is 22.8 Å². The third-order valence-electron chi connectivity index (χ3n) is 7.53. The van der Waals surface area contributed by atoms with Gasteiger partial charge in [0.2, 0.25) is 5.95 Å². The van der Waals surface area contributed by atoms with Crippen LogP contribution < -0.4 is 15.5 Å². The standard InChI is InChI=1S/C32H34N8O3/c1-38-15-17-39(18-16-38)30(41)25-9-13-27(14-10-25)34-32(42)33-26-11-7-24(8-12-26)29-35-28(23-5-3-2-4-6-23)36-31(37-29)40-19-21-43-22-20-40/h2-14H,15-22H2,1H3,(H2,33,34,42). The molecule has 4 aromatic rings. The van der Waals surface area contributed by atoms with Crippen LogP contribution in [0.3, 0.4) is 0 Å². The number of morpholine rings is 1. The van der Waals surface area contributed by atoms with Crippen molar-refractivity contribution in [2.24, 2.45) is 0 Å². The van der Waals surface area contributed by atoms with Gasteiger partial charge in [-0.3, -0.25) is 4.79 Å². The number of hydrogen-bond donors (Lipinski definition) is 2. The number of amides is 3. The zero-order valence-corrected chi connectivity index (χ0v) is 24.1. The highest BCUT2D eigenvalue weighted by Crippen LogP contribution is 2.25. The van der Waals surface area contributed by atoms with Crippen LogP contribution in [0.1, 0.15) is 10.4 Å². The predicted molar refractivity (Wildman–Crippen MR) is 166 cm³/mol. The fourth-order valence-electron chi connectivity index (χ4n) is 5.00. The van der Waals surface area contributed by atoms with E-state index in [1.807, 2.05) is 59.5 Å². The van der Waals surface area contributed by atoms with Crippen molar-refractivity contribution in [1.29, 1.82) is 0 Å². The number of nitrogens with zero attached hydrogens (tertiary/aromatic N) is 6. The SMILES string of the molecule is CN1CCN(C(=O)c2ccc(NC(=O)Nc3ccc(-c4nc(-c5ccccc5)nc(N5CCOCC5)n4)cc3)cc2)CC1. The molecular formula is C32H34N8O3. The fourth-order valence-corrected chi connectivity index (χ4v) is 5.00. The maximum Gasteiger partial charge on any atom is 0.323 e. The average molecular weight is 579 g/mol. The van der Waals surface area contributed by atoms with E-state index in [0.29, 0.717) is 73.9 Å². The number of nitrogens with one attached hydrogen (secondary N) is 2. The molecule has 3 amide bonds. The van der Waals surface area contributed by atoms with E-state index in [-0.39, 0.29) is 11.9 Å². The van der Waals surface area contributed by atoms with Gasteiger partial charge in [-0.15, -0.1) is 0 Å². The molecule has 3 heterocycles. The van der Waals surface area contributed by atoms with Crippen LogP contribution in [-0.2, 0) is 4.74 Å². The number of urea groups is 1. The molecule has 11 nitrogen and oxygen atoms in total. The first-order valence-corrected chi connectivity index (χ1v) is 14.4. The Bertz CT molecular complexity index is 1550. The molecule has 0 aliphatic carbocycles. The lowest BCUT2D eigenvalue weighted by molar-refractivity contribution is 0.0664. The molecule has 2 aliphatic rings. The molecule has 0 spiro atoms. The predicted octanol–water partition coefficient (Wildman–Crippen LogP) is 4.07. The summed E-state index contributed by atoms with van der Waals surface area (Å²) < 4.78 is 5.50. The van der Waals surface area contributed by atoms with Gasteiger partial charge in [0, 0.05) is 67.3 Å². The number of carbonyl (C=O) groups excluding carboxylic acids is 2. The molecule has 0 bridgehead atoms. The Labute approximate surface area is 250 Å². The van der Waals surface area contributed by atoms with Gasteiger partial charge < -0.3 is 30.1 Å². The van der Waals surface area contributed by atoms with Crippen molar-refractivity contribution < 1.29 is 14.3 Å². The number of anilines is 3. The molecule has 0 saturated carbocycles. The Hall–Kier alpha value is -4.87. The minimum Gasteiger partial charge on any atom is -0.378 e. The Morgan fingerprint density at radius 1 is 0.674 bits per heavy atom. The highest BCUT2D eigenvalue weighted by atomic mass is 16.5. The molecule has 2 fully saturated rings. The zero-order chi connectivity index (χ0) is 29.6. The number of likely N-dealkylation sites (N-methyl/N-ethyl adjacent to an activating group) is 1. The number of rotatable bonds is 6. The van der Waals surface area contributed by atoms with Crippen LogP contribution in [0, 0.1) is 0 Å². The molecule has 0 radical (unpaired) electrons. The lowest BCUT2D eigenvalue weighted by Crippen LogP contribution is -2.47. The van der Waals surface area contributed by atoms with E-state index in [2.05, 4.69) is 27.5 Å². The first-order chi connectivity index (χ1) is 21.0. The number of hydrogen-bond acceptors (Lipinski definition) is 8. The van der Waals surface area contributed by atoms with Crippen LogP contribution in [0.5, 0.6) is 0 Å². The van der Waals surface area contributed by atoms with E-state index >= 15 is 0 Å². The second-order valence-electron chi connectivity index (χ2n) is 10.6. The Kier molecular flexibility index (Phi) is 8.52. The van der Waals surface area contributed by atoms with E-state index in [1.165, 1.54) is 0 Å². The summed E-state index contributed by atoms with van der Waals surface area (Å²) >= 11 is 0. The van der Waals surface area contributed by atoms with Crippen molar-refractivity contribution in [1.82, 2.24) is 24.8 Å². The molecule has 6 rings (SSSR count). The van der Waals surface area contributed by atoms with Crippen molar-refractivity contribution in [3.05, 3.63) is 84.4 Å². The Morgan fingerprint density at radius 3 is 1.84 bits per heavy atom. The van der Waals surface area contributed by atoms with E-state index in [1.54, 1.807) is 24.3 Å². The van der Waals surface area contributed by atoms with Crippen molar-refractivity contribution in [2.75, 3.05) is 75.1 Å². The summed E-state index contributed by atoms with van der Waals surface area (Å²) in [4.78, 5) is 46.0. The molecule has 43 heavy (non-hydrogen) atoms. The summed E-state index contributed by atoms with van der Waals surface area (Å²) in [7, 11) is 2.06. The topological polar surface area (TPSA) is 116 Å². The first kappa shape index (κ1) is 28.3. The van der Waals surface area contributed by atoms with Crippen LogP contribution >= 0.6 is 0 Å². The van der Waals surface area contributed by atoms with Gasteiger partial charge in [0.25, 0.3) is 5.91 Å². The first-order valence-electron chi connectivity index (χ1n) is 14.4. The lowest BCUT2D eigenvalue weighted by atomic mass is 10.1. The molecule has 2 N–H and O–H groups in total. The maximum atomic E-state index is 12.8. The average Bonchev–Trinajstić information content (AvgIpc) is 3.06. The van der Waals surface area contributed by atoms with Crippen molar-refractivity contribution in [3.8, 4) is 22.8 Å². The largest absolute Gasteiger partial charge is 0.378 e. The van der Waals surface area contributed by atoms with Crippen LogP contribution in [0.4, 0.5) is 22.1 Å². The minimum absolute atomic E-state index is 0.00956. The minimum atomic E-state index is -0.382. The zero-order valence-electron chi connectivity index (χ0n) is 24.1. The highest BCUT2D eigenvalue weighted by Gasteiger charge is 2.21. The van der Waals surface area contributed by atoms with E-state index in [9.17, 15) is 9.59 Å². The molecule has 1 aromatic heterocycles. The Balaban J connectivity index is 1.11. The summed E-state index contributed by atoms with van der Waals surface area (Å²) in [6.07, 6.45) is 0. The lowest BCUT2D eigenvalue weighted by Gasteiger charge is -2.32. The van der Waals surface area contributed by atoms with Gasteiger partial charge in [-0.2, -0.15) is 9.97 Å². The number of benzene rings is 3. The highest BCUT2D eigenvalue weighted by molar-refractivity contribution is 6.00. The van der Waals surface area contributed by atoms with Crippen molar-refractivity contribution >= 4 is 29.3 Å². The summed E-state index contributed by atoms with van der Waals surface area (Å²) in [5, 5.41) is 5.68. The third-order valence-corrected chi connectivity index (χ3v) is 7.53. The van der Waals surface area contributed by atoms with Gasteiger partial charge in [0.1, 0.15) is 0 Å². The fraction of sp³-hybridized carbons (Fsp3) is 0.281. The molecular weight excluding hydrogens is 544 g/mol. The second kappa shape index (κ2) is 13.0. The molecule has 2 aliphatic heterocycles. The van der Waals surface area contributed by atoms with Crippen LogP contribution in [-0.4, -0.2) is 96.2 Å². The third kappa shape index (κ3) is 6.96. The maximum absolute atomic E-state index is 12.8. The number of aromatic nitrogens is 3. The summed E-state index contributed by atoms with van der Waals surface area (Å²) in [6.45, 7) is 5.85. The van der Waals surface area contributed by atoms with Crippen molar-refractivity contribution in [3.63, 3.8) is 0 Å². The second-order valence-corrected chi connectivity index (χ2v) is 10.6. The molecule has 220 valence electrons. The summed E-state index contributed by atoms with van der Waals surface area (Å²) in [6, 6.07) is 23.8. The van der Waals surface area contributed by atoms with Gasteiger partial charge >= 0.3 is 6.03 Å². The van der Waals surface area contributed by atoms with E-state index in [0.717, 1.165) is 24.2 Å². The summed E-state index contributed by atoms with van der Waals surface area (Å²) in [5.41, 5.74) is 3.54. The van der Waals surface area contributed by atoms with Gasteiger partial charge in [0.05, 0.1) is 13.2 Å². The molecule has 3 aromatic carbocycles. The summed E-state index contributed by atoms with van der Waals surface area (Å²) in [5.74, 6) is 1.78. The van der Waals surface area contributed by atoms with Gasteiger partial charge in [-0.25, -0.2) is 9.78 Å². The quantitative estimate of drug-likeness (QED) is 0.352. The number of carbonyl (C=O) groups is 2. The molecule has 11 heteroatoms. The normalized spacial score (nSPS) is 15.7. The van der Waals surface area contributed by atoms with Gasteiger partial charge in [-0.1, -0.05) is 30.3 Å². The smallest absolute Gasteiger partial charge is 0.323 e. The molecule has 2 saturated heterocycles. The molecule has 0 atom stereocenters. The van der Waals surface area contributed by atoms with Crippen LogP contribution in [0.15, 0.2) is 78.9 Å². The Morgan fingerprint density at radius 2 is 1.23 bits per heavy atom. The monoisotopic (exact) mass is 578 g/mol. The number of ether oxygens (including phenoxy) is 1. The van der Waals surface area contributed by atoms with Gasteiger partial charge in [0.15, 0.2) is 11.6 Å². The van der Waals surface area contributed by atoms with Gasteiger partial charge in [-0.05, 0) is 55.6 Å². The van der Waals surface area contributed by atoms with E-state index < -0.39 is 0 Å². The van der Waals surface area contributed by atoms with Crippen molar-refractivity contribution in [2.45, 2.75) is 0 Å². The van der Waals surface area contributed by atoms with E-state index in [4.69, 9.17) is 19.7 Å². The number of piperazine rings is 1.